The zero-order valence-electron chi connectivity index (χ0n) is 13.0. The molecule has 5 nitrogen and oxygen atoms in total. The number of hydrogen-bond acceptors (Lipinski definition) is 3. The zero-order chi connectivity index (χ0) is 15.6. The molecule has 1 heterocycles. The fourth-order valence-electron chi connectivity index (χ4n) is 2.31. The predicted molar refractivity (Wildman–Crippen MR) is 83.8 cm³/mol. The normalized spacial score (nSPS) is 10.9. The lowest BCUT2D eigenvalue weighted by Gasteiger charge is -2.27. The lowest BCUT2D eigenvalue weighted by atomic mass is 10.1. The third kappa shape index (κ3) is 3.24. The molecule has 0 atom stereocenters. The molecule has 0 aliphatic heterocycles. The fourth-order valence-corrected chi connectivity index (χ4v) is 2.31. The van der Waals surface area contributed by atoms with Crippen molar-refractivity contribution in [3.05, 3.63) is 47.3 Å². The van der Waals surface area contributed by atoms with Crippen LogP contribution in [0.25, 0.3) is 0 Å². The van der Waals surface area contributed by atoms with Crippen LogP contribution in [0.1, 0.15) is 35.6 Å². The van der Waals surface area contributed by atoms with Crippen molar-refractivity contribution in [1.82, 2.24) is 14.7 Å². The first-order valence-corrected chi connectivity index (χ1v) is 7.05. The highest BCUT2D eigenvalue weighted by Gasteiger charge is 2.22. The van der Waals surface area contributed by atoms with Gasteiger partial charge in [-0.05, 0) is 38.5 Å². The summed E-state index contributed by atoms with van der Waals surface area (Å²) in [5.74, 6) is -0.0312. The molecule has 2 N–H and O–H groups in total. The second-order valence-electron chi connectivity index (χ2n) is 5.52. The topological polar surface area (TPSA) is 64.2 Å². The molecule has 0 aliphatic carbocycles. The van der Waals surface area contributed by atoms with Gasteiger partial charge in [-0.2, -0.15) is 5.10 Å². The van der Waals surface area contributed by atoms with Crippen molar-refractivity contribution in [2.45, 2.75) is 33.4 Å². The molecule has 0 aliphatic rings. The van der Waals surface area contributed by atoms with Crippen molar-refractivity contribution in [2.24, 2.45) is 7.05 Å². The third-order valence-corrected chi connectivity index (χ3v) is 3.50. The Kier molecular flexibility index (Phi) is 4.31. The number of nitrogens with two attached hydrogens (primary N) is 1. The molecule has 112 valence electrons. The summed E-state index contributed by atoms with van der Waals surface area (Å²) in [6, 6.07) is 9.52. The molecule has 0 bridgehead atoms. The molecule has 2 aromatic rings. The van der Waals surface area contributed by atoms with Crippen molar-refractivity contribution >= 4 is 11.6 Å². The van der Waals surface area contributed by atoms with Crippen LogP contribution < -0.4 is 5.73 Å². The number of nitrogens with zero attached hydrogens (tertiary/aromatic N) is 3. The van der Waals surface area contributed by atoms with Gasteiger partial charge in [0.1, 0.15) is 5.69 Å². The van der Waals surface area contributed by atoms with E-state index in [0.717, 1.165) is 11.3 Å². The summed E-state index contributed by atoms with van der Waals surface area (Å²) in [7, 11) is 1.79. The van der Waals surface area contributed by atoms with E-state index in [1.807, 2.05) is 56.0 Å². The minimum Gasteiger partial charge on any atom is -0.398 e. The standard InChI is InChI=1S/C16H22N4O/c1-11(2)20(10-13-7-5-6-8-14(13)17)16(21)15-9-12(3)18-19(15)4/h5-9,11H,10,17H2,1-4H3. The predicted octanol–water partition coefficient (Wildman–Crippen LogP) is 2.36. The van der Waals surface area contributed by atoms with Gasteiger partial charge < -0.3 is 10.6 Å². The van der Waals surface area contributed by atoms with E-state index < -0.39 is 0 Å². The number of amides is 1. The number of aromatic nitrogens is 2. The maximum absolute atomic E-state index is 12.8. The summed E-state index contributed by atoms with van der Waals surface area (Å²) in [6.45, 7) is 6.37. The Morgan fingerprint density at radius 1 is 1.38 bits per heavy atom. The Hall–Kier alpha value is -2.30. The van der Waals surface area contributed by atoms with Gasteiger partial charge in [0.2, 0.25) is 0 Å². The van der Waals surface area contributed by atoms with Gasteiger partial charge in [-0.3, -0.25) is 9.48 Å². The number of nitrogen functional groups attached to an aromatic ring is 1. The first-order chi connectivity index (χ1) is 9.90. The average molecular weight is 286 g/mol. The second kappa shape index (κ2) is 5.99. The SMILES string of the molecule is Cc1cc(C(=O)N(Cc2ccccc2N)C(C)C)n(C)n1. The Balaban J connectivity index is 2.29. The van der Waals surface area contributed by atoms with Crippen molar-refractivity contribution in [1.29, 1.82) is 0 Å². The molecular weight excluding hydrogens is 264 g/mol. The number of hydrogen-bond donors (Lipinski definition) is 1. The smallest absolute Gasteiger partial charge is 0.272 e. The van der Waals surface area contributed by atoms with E-state index in [-0.39, 0.29) is 11.9 Å². The van der Waals surface area contributed by atoms with Gasteiger partial charge in [0.15, 0.2) is 0 Å². The molecule has 0 radical (unpaired) electrons. The zero-order valence-corrected chi connectivity index (χ0v) is 13.0. The Labute approximate surface area is 125 Å². The van der Waals surface area contributed by atoms with Gasteiger partial charge in [-0.15, -0.1) is 0 Å². The van der Waals surface area contributed by atoms with Gasteiger partial charge in [0.05, 0.1) is 5.69 Å². The summed E-state index contributed by atoms with van der Waals surface area (Å²) in [4.78, 5) is 14.6. The number of para-hydroxylation sites is 1. The summed E-state index contributed by atoms with van der Waals surface area (Å²) >= 11 is 0. The second-order valence-corrected chi connectivity index (χ2v) is 5.52. The van der Waals surface area contributed by atoms with Gasteiger partial charge in [0, 0.05) is 25.3 Å². The molecule has 0 unspecified atom stereocenters. The monoisotopic (exact) mass is 286 g/mol. The number of carbonyl (C=O) groups is 1. The highest BCUT2D eigenvalue weighted by Crippen LogP contribution is 2.18. The minimum absolute atomic E-state index is 0.0312. The summed E-state index contributed by atoms with van der Waals surface area (Å²) < 4.78 is 1.63. The van der Waals surface area contributed by atoms with E-state index in [4.69, 9.17) is 5.73 Å². The molecule has 0 fully saturated rings. The number of carbonyl (C=O) groups excluding carboxylic acids is 1. The van der Waals surface area contributed by atoms with E-state index in [1.54, 1.807) is 11.7 Å². The van der Waals surface area contributed by atoms with Crippen LogP contribution in [0.2, 0.25) is 0 Å². The number of rotatable bonds is 4. The number of aryl methyl sites for hydroxylation is 2. The van der Waals surface area contributed by atoms with Gasteiger partial charge >= 0.3 is 0 Å². The maximum Gasteiger partial charge on any atom is 0.272 e. The summed E-state index contributed by atoms with van der Waals surface area (Å²) in [5, 5.41) is 4.24. The van der Waals surface area contributed by atoms with Crippen LogP contribution in [0, 0.1) is 6.92 Å². The van der Waals surface area contributed by atoms with Crippen LogP contribution in [0.3, 0.4) is 0 Å². The van der Waals surface area contributed by atoms with Crippen LogP contribution in [0.4, 0.5) is 5.69 Å². The minimum atomic E-state index is -0.0312. The van der Waals surface area contributed by atoms with Crippen LogP contribution in [-0.2, 0) is 13.6 Å². The highest BCUT2D eigenvalue weighted by molar-refractivity contribution is 5.93. The molecule has 2 rings (SSSR count). The third-order valence-electron chi connectivity index (χ3n) is 3.50. The summed E-state index contributed by atoms with van der Waals surface area (Å²) in [5.41, 5.74) is 9.08. The highest BCUT2D eigenvalue weighted by atomic mass is 16.2. The van der Waals surface area contributed by atoms with Crippen molar-refractivity contribution in [2.75, 3.05) is 5.73 Å². The Morgan fingerprint density at radius 2 is 2.05 bits per heavy atom. The van der Waals surface area contributed by atoms with Gasteiger partial charge in [-0.25, -0.2) is 0 Å². The average Bonchev–Trinajstić information content (AvgIpc) is 2.75. The van der Waals surface area contributed by atoms with E-state index >= 15 is 0 Å². The molecule has 21 heavy (non-hydrogen) atoms. The van der Waals surface area contributed by atoms with E-state index in [0.29, 0.717) is 17.9 Å². The van der Waals surface area contributed by atoms with Gasteiger partial charge in [-0.1, -0.05) is 18.2 Å². The molecule has 0 spiro atoms. The van der Waals surface area contributed by atoms with Crippen LogP contribution >= 0.6 is 0 Å². The van der Waals surface area contributed by atoms with Crippen LogP contribution in [-0.4, -0.2) is 26.6 Å². The van der Waals surface area contributed by atoms with E-state index in [1.165, 1.54) is 0 Å². The van der Waals surface area contributed by atoms with Crippen molar-refractivity contribution < 1.29 is 4.79 Å². The molecule has 1 aromatic heterocycles. The van der Waals surface area contributed by atoms with Crippen molar-refractivity contribution in [3.63, 3.8) is 0 Å². The Bertz CT molecular complexity index is 645. The number of benzene rings is 1. The van der Waals surface area contributed by atoms with E-state index in [9.17, 15) is 4.79 Å². The molecule has 1 amide bonds. The first kappa shape index (κ1) is 15.1. The quantitative estimate of drug-likeness (QED) is 0.878. The molecule has 1 aromatic carbocycles. The summed E-state index contributed by atoms with van der Waals surface area (Å²) in [6.07, 6.45) is 0. The number of anilines is 1. The fraction of sp³-hybridized carbons (Fsp3) is 0.375. The van der Waals surface area contributed by atoms with Gasteiger partial charge in [0.25, 0.3) is 5.91 Å². The first-order valence-electron chi connectivity index (χ1n) is 7.05. The largest absolute Gasteiger partial charge is 0.398 e. The Morgan fingerprint density at radius 3 is 2.57 bits per heavy atom. The lowest BCUT2D eigenvalue weighted by Crippen LogP contribution is -2.37. The van der Waals surface area contributed by atoms with Crippen LogP contribution in [0.5, 0.6) is 0 Å². The molecule has 5 heteroatoms. The molecule has 0 saturated carbocycles. The molecule has 0 saturated heterocycles. The maximum atomic E-state index is 12.8. The lowest BCUT2D eigenvalue weighted by molar-refractivity contribution is 0.0679. The molecular formula is C16H22N4O. The van der Waals surface area contributed by atoms with E-state index in [2.05, 4.69) is 5.10 Å². The van der Waals surface area contributed by atoms with Crippen molar-refractivity contribution in [3.8, 4) is 0 Å². The van der Waals surface area contributed by atoms with Crippen LogP contribution in [0.15, 0.2) is 30.3 Å².